The van der Waals surface area contributed by atoms with Gasteiger partial charge in [0.1, 0.15) is 5.76 Å². The van der Waals surface area contributed by atoms with Crippen molar-refractivity contribution >= 4 is 34.8 Å². The van der Waals surface area contributed by atoms with Gasteiger partial charge in [0.05, 0.1) is 36.9 Å². The summed E-state index contributed by atoms with van der Waals surface area (Å²) in [5, 5.41) is 1.06. The maximum absolute atomic E-state index is 12.9. The predicted molar refractivity (Wildman–Crippen MR) is 106 cm³/mol. The molecule has 0 saturated heterocycles. The quantitative estimate of drug-likeness (QED) is 0.650. The van der Waals surface area contributed by atoms with Gasteiger partial charge in [-0.1, -0.05) is 23.2 Å². The van der Waals surface area contributed by atoms with Crippen LogP contribution < -0.4 is 10.5 Å². The van der Waals surface area contributed by atoms with Crippen LogP contribution in [0.1, 0.15) is 17.0 Å². The molecule has 2 aromatic heterocycles. The number of hydrogen-bond acceptors (Lipinski definition) is 5. The highest BCUT2D eigenvalue weighted by molar-refractivity contribution is 6.36. The normalized spacial score (nSPS) is 14.4. The Morgan fingerprint density at radius 3 is 2.70 bits per heavy atom. The maximum Gasteiger partial charge on any atom is 0.259 e. The number of halogens is 2. The number of fused-ring (bicyclic) bond motifs is 1. The summed E-state index contributed by atoms with van der Waals surface area (Å²) in [6.07, 6.45) is 1.64. The van der Waals surface area contributed by atoms with E-state index >= 15 is 0 Å². The fraction of sp³-hybridized carbons (Fsp3) is 0.263. The molecule has 0 atom stereocenters. The number of aryl methyl sites for hydroxylation is 1. The molecule has 3 aromatic rings. The molecule has 1 aliphatic heterocycles. The molecule has 0 spiro atoms. The smallest absolute Gasteiger partial charge is 0.259 e. The fourth-order valence-electron chi connectivity index (χ4n) is 3.19. The lowest BCUT2D eigenvalue weighted by molar-refractivity contribution is 0.176. The molecule has 1 aliphatic rings. The first-order valence-electron chi connectivity index (χ1n) is 8.49. The number of anilines is 2. The Hall–Kier alpha value is -2.28. The lowest BCUT2D eigenvalue weighted by Crippen LogP contribution is -2.47. The van der Waals surface area contributed by atoms with Crippen LogP contribution in [0.15, 0.2) is 45.8 Å². The lowest BCUT2D eigenvalue weighted by atomic mass is 10.2. The van der Waals surface area contributed by atoms with Crippen LogP contribution in [0.5, 0.6) is 0 Å². The number of nitrogens with zero attached hydrogens (tertiary/aromatic N) is 4. The minimum absolute atomic E-state index is 0.0586. The van der Waals surface area contributed by atoms with Gasteiger partial charge in [0, 0.05) is 16.3 Å². The zero-order valence-corrected chi connectivity index (χ0v) is 16.5. The molecular weight excluding hydrogens is 387 g/mol. The fourth-order valence-corrected chi connectivity index (χ4v) is 3.70. The SMILES string of the molecule is Cc1nc2n(c(=O)c1C)CN(Cc1ccco1)CN2c1ccc(Cl)cc1Cl. The van der Waals surface area contributed by atoms with Gasteiger partial charge in [-0.05, 0) is 44.2 Å². The van der Waals surface area contributed by atoms with Gasteiger partial charge in [-0.2, -0.15) is 0 Å². The molecule has 0 bridgehead atoms. The van der Waals surface area contributed by atoms with E-state index in [1.165, 1.54) is 0 Å². The van der Waals surface area contributed by atoms with Gasteiger partial charge in [0.15, 0.2) is 0 Å². The molecule has 4 rings (SSSR count). The molecule has 3 heterocycles. The van der Waals surface area contributed by atoms with Crippen LogP contribution >= 0.6 is 23.2 Å². The molecule has 8 heteroatoms. The highest BCUT2D eigenvalue weighted by Gasteiger charge is 2.28. The summed E-state index contributed by atoms with van der Waals surface area (Å²) < 4.78 is 7.14. The topological polar surface area (TPSA) is 54.5 Å². The van der Waals surface area contributed by atoms with E-state index in [-0.39, 0.29) is 5.56 Å². The number of benzene rings is 1. The zero-order valence-electron chi connectivity index (χ0n) is 14.9. The van der Waals surface area contributed by atoms with E-state index in [0.717, 1.165) is 11.4 Å². The van der Waals surface area contributed by atoms with Crippen LogP contribution in [0.25, 0.3) is 0 Å². The summed E-state index contributed by atoms with van der Waals surface area (Å²) in [4.78, 5) is 21.6. The van der Waals surface area contributed by atoms with Crippen molar-refractivity contribution in [2.75, 3.05) is 11.6 Å². The summed E-state index contributed by atoms with van der Waals surface area (Å²) in [6.45, 7) is 5.13. The van der Waals surface area contributed by atoms with Gasteiger partial charge in [-0.25, -0.2) is 4.98 Å². The molecule has 0 unspecified atom stereocenters. The average molecular weight is 405 g/mol. The molecular formula is C19H18Cl2N4O2. The molecule has 1 aromatic carbocycles. The van der Waals surface area contributed by atoms with Crippen LogP contribution in [0.3, 0.4) is 0 Å². The first-order valence-corrected chi connectivity index (χ1v) is 9.25. The third-order valence-electron chi connectivity index (χ3n) is 4.70. The van der Waals surface area contributed by atoms with Gasteiger partial charge in [-0.15, -0.1) is 0 Å². The summed E-state index contributed by atoms with van der Waals surface area (Å²) in [5.74, 6) is 1.40. The lowest BCUT2D eigenvalue weighted by Gasteiger charge is -2.38. The summed E-state index contributed by atoms with van der Waals surface area (Å²) in [6, 6.07) is 9.07. The monoisotopic (exact) mass is 404 g/mol. The maximum atomic E-state index is 12.9. The highest BCUT2D eigenvalue weighted by Crippen LogP contribution is 2.35. The molecule has 0 radical (unpaired) electrons. The second kappa shape index (κ2) is 7.03. The van der Waals surface area contributed by atoms with Crippen molar-refractivity contribution in [1.82, 2.24) is 14.5 Å². The van der Waals surface area contributed by atoms with Crippen molar-refractivity contribution in [3.05, 3.63) is 74.0 Å². The molecule has 0 N–H and O–H groups in total. The van der Waals surface area contributed by atoms with E-state index in [0.29, 0.717) is 47.1 Å². The summed E-state index contributed by atoms with van der Waals surface area (Å²) in [5.41, 5.74) is 2.03. The minimum atomic E-state index is -0.0586. The third kappa shape index (κ3) is 3.36. The van der Waals surface area contributed by atoms with E-state index in [1.807, 2.05) is 30.0 Å². The molecule has 0 aliphatic carbocycles. The van der Waals surface area contributed by atoms with Crippen LogP contribution in [0.2, 0.25) is 10.0 Å². The molecule has 0 fully saturated rings. The average Bonchev–Trinajstić information content (AvgIpc) is 3.13. The first-order chi connectivity index (χ1) is 12.9. The molecule has 140 valence electrons. The standard InChI is InChI=1S/C19H18Cl2N4O2/c1-12-13(2)22-19-24(17-6-5-14(20)8-16(17)21)10-23(11-25(19)18(12)26)9-15-4-3-7-27-15/h3-8H,9-11H2,1-2H3. The summed E-state index contributed by atoms with van der Waals surface area (Å²) in [7, 11) is 0. The van der Waals surface area contributed by atoms with E-state index in [4.69, 9.17) is 27.6 Å². The van der Waals surface area contributed by atoms with Gasteiger partial charge < -0.3 is 4.42 Å². The predicted octanol–water partition coefficient (Wildman–Crippen LogP) is 4.33. The van der Waals surface area contributed by atoms with Gasteiger partial charge in [0.2, 0.25) is 5.95 Å². The Kier molecular flexibility index (Phi) is 4.72. The van der Waals surface area contributed by atoms with Crippen LogP contribution in [-0.2, 0) is 13.2 Å². The van der Waals surface area contributed by atoms with E-state index in [2.05, 4.69) is 9.88 Å². The molecule has 0 amide bonds. The number of hydrogen-bond donors (Lipinski definition) is 0. The number of furan rings is 1. The second-order valence-electron chi connectivity index (χ2n) is 6.57. The third-order valence-corrected chi connectivity index (χ3v) is 5.24. The van der Waals surface area contributed by atoms with Gasteiger partial charge >= 0.3 is 0 Å². The number of aromatic nitrogens is 2. The van der Waals surface area contributed by atoms with Crippen LogP contribution in [0, 0.1) is 13.8 Å². The Morgan fingerprint density at radius 2 is 2.00 bits per heavy atom. The van der Waals surface area contributed by atoms with E-state index in [1.54, 1.807) is 29.9 Å². The van der Waals surface area contributed by atoms with E-state index < -0.39 is 0 Å². The molecule has 6 nitrogen and oxygen atoms in total. The first kappa shape index (κ1) is 18.1. The van der Waals surface area contributed by atoms with Crippen molar-refractivity contribution in [1.29, 1.82) is 0 Å². The second-order valence-corrected chi connectivity index (χ2v) is 7.41. The molecule has 0 saturated carbocycles. The Bertz CT molecular complexity index is 1050. The Morgan fingerprint density at radius 1 is 1.19 bits per heavy atom. The van der Waals surface area contributed by atoms with Crippen molar-refractivity contribution in [3.8, 4) is 0 Å². The molecule has 27 heavy (non-hydrogen) atoms. The highest BCUT2D eigenvalue weighted by atomic mass is 35.5. The van der Waals surface area contributed by atoms with Crippen molar-refractivity contribution in [2.24, 2.45) is 0 Å². The van der Waals surface area contributed by atoms with Crippen molar-refractivity contribution in [3.63, 3.8) is 0 Å². The van der Waals surface area contributed by atoms with Crippen molar-refractivity contribution in [2.45, 2.75) is 27.1 Å². The van der Waals surface area contributed by atoms with Gasteiger partial charge in [-0.3, -0.25) is 19.2 Å². The largest absolute Gasteiger partial charge is 0.468 e. The van der Waals surface area contributed by atoms with Gasteiger partial charge in [0.25, 0.3) is 5.56 Å². The van der Waals surface area contributed by atoms with Crippen LogP contribution in [-0.4, -0.2) is 21.1 Å². The minimum Gasteiger partial charge on any atom is -0.468 e. The Balaban J connectivity index is 1.83. The van der Waals surface area contributed by atoms with Crippen LogP contribution in [0.4, 0.5) is 11.6 Å². The van der Waals surface area contributed by atoms with Crippen molar-refractivity contribution < 1.29 is 4.42 Å². The Labute approximate surface area is 166 Å². The van der Waals surface area contributed by atoms with E-state index in [9.17, 15) is 4.79 Å². The zero-order chi connectivity index (χ0) is 19.1. The number of rotatable bonds is 3. The summed E-state index contributed by atoms with van der Waals surface area (Å²) >= 11 is 12.5.